The van der Waals surface area contributed by atoms with E-state index in [9.17, 15) is 17.6 Å². The summed E-state index contributed by atoms with van der Waals surface area (Å²) in [5.41, 5.74) is 4.22. The van der Waals surface area contributed by atoms with Crippen LogP contribution < -0.4 is 15.5 Å². The van der Waals surface area contributed by atoms with Gasteiger partial charge in [-0.3, -0.25) is 0 Å². The zero-order valence-electron chi connectivity index (χ0n) is 15.7. The first-order chi connectivity index (χ1) is 13.7. The molecule has 7 nitrogen and oxygen atoms in total. The quantitative estimate of drug-likeness (QED) is 0.776. The molecule has 2 N–H and O–H groups in total. The fourth-order valence-corrected chi connectivity index (χ4v) is 3.38. The third-order valence-corrected chi connectivity index (χ3v) is 4.95. The Morgan fingerprint density at radius 1 is 1.17 bits per heavy atom. The molecule has 4 heterocycles. The van der Waals surface area contributed by atoms with Gasteiger partial charge < -0.3 is 20.3 Å². The van der Waals surface area contributed by atoms with E-state index in [2.05, 4.69) is 15.0 Å². The van der Waals surface area contributed by atoms with E-state index in [1.54, 1.807) is 4.90 Å². The highest BCUT2D eigenvalue weighted by Gasteiger charge is 2.37. The van der Waals surface area contributed by atoms with Crippen molar-refractivity contribution >= 4 is 17.6 Å². The van der Waals surface area contributed by atoms with Gasteiger partial charge in [0, 0.05) is 18.2 Å². The van der Waals surface area contributed by atoms with Crippen molar-refractivity contribution in [3.63, 3.8) is 0 Å². The van der Waals surface area contributed by atoms with E-state index in [1.807, 2.05) is 11.8 Å². The highest BCUT2D eigenvalue weighted by Crippen LogP contribution is 2.37. The van der Waals surface area contributed by atoms with Crippen LogP contribution in [0.3, 0.4) is 0 Å². The summed E-state index contributed by atoms with van der Waals surface area (Å²) < 4.78 is 59.5. The Bertz CT molecular complexity index is 902. The van der Waals surface area contributed by atoms with E-state index in [0.29, 0.717) is 25.6 Å². The third-order valence-electron chi connectivity index (χ3n) is 4.95. The fourth-order valence-electron chi connectivity index (χ4n) is 3.38. The van der Waals surface area contributed by atoms with Gasteiger partial charge in [0.1, 0.15) is 17.8 Å². The van der Waals surface area contributed by atoms with E-state index >= 15 is 0 Å². The van der Waals surface area contributed by atoms with Crippen molar-refractivity contribution in [3.8, 4) is 11.3 Å². The van der Waals surface area contributed by atoms with Gasteiger partial charge in [-0.05, 0) is 19.1 Å². The topological polar surface area (TPSA) is 80.4 Å². The maximum Gasteiger partial charge on any atom is 0.434 e. The van der Waals surface area contributed by atoms with Gasteiger partial charge in [0.05, 0.1) is 38.0 Å². The first-order valence-electron chi connectivity index (χ1n) is 9.19. The average Bonchev–Trinajstić information content (AvgIpc) is 2.65. The lowest BCUT2D eigenvalue weighted by molar-refractivity contribution is -0.140. The van der Waals surface area contributed by atoms with Crippen molar-refractivity contribution in [1.82, 2.24) is 15.0 Å². The number of hydrogen-bond donors (Lipinski definition) is 1. The molecule has 11 heteroatoms. The third kappa shape index (κ3) is 3.91. The Hall–Kier alpha value is -2.69. The number of pyridine rings is 1. The minimum atomic E-state index is -4.71. The second-order valence-corrected chi connectivity index (χ2v) is 7.16. The van der Waals surface area contributed by atoms with Crippen LogP contribution in [0, 0.1) is 0 Å². The number of morpholine rings is 1. The van der Waals surface area contributed by atoms with Gasteiger partial charge in [0.2, 0.25) is 5.95 Å². The lowest BCUT2D eigenvalue weighted by Crippen LogP contribution is -2.49. The molecule has 2 aliphatic heterocycles. The second-order valence-electron chi connectivity index (χ2n) is 7.16. The van der Waals surface area contributed by atoms with Crippen LogP contribution in [0.2, 0.25) is 0 Å². The maximum atomic E-state index is 13.6. The minimum Gasteiger partial charge on any atom is -0.384 e. The number of anilines is 3. The highest BCUT2D eigenvalue weighted by molar-refractivity contribution is 5.69. The molecule has 0 aliphatic carbocycles. The van der Waals surface area contributed by atoms with Crippen molar-refractivity contribution in [3.05, 3.63) is 23.9 Å². The molecule has 2 aromatic rings. The minimum absolute atomic E-state index is 0.0520. The number of alkyl halides is 4. The average molecular weight is 412 g/mol. The van der Waals surface area contributed by atoms with Crippen molar-refractivity contribution in [2.24, 2.45) is 0 Å². The van der Waals surface area contributed by atoms with E-state index in [-0.39, 0.29) is 42.2 Å². The second kappa shape index (κ2) is 7.29. The van der Waals surface area contributed by atoms with Crippen LogP contribution in [-0.2, 0) is 10.9 Å². The Morgan fingerprint density at radius 3 is 2.59 bits per heavy atom. The molecule has 2 fully saturated rings. The summed E-state index contributed by atoms with van der Waals surface area (Å²) in [4.78, 5) is 15.9. The number of ether oxygens (including phenoxy) is 1. The number of halogens is 4. The zero-order valence-corrected chi connectivity index (χ0v) is 15.7. The van der Waals surface area contributed by atoms with Gasteiger partial charge in [-0.2, -0.15) is 18.2 Å². The Kier molecular flexibility index (Phi) is 4.93. The van der Waals surface area contributed by atoms with Crippen molar-refractivity contribution in [2.45, 2.75) is 25.3 Å². The first-order valence-corrected chi connectivity index (χ1v) is 9.19. The van der Waals surface area contributed by atoms with E-state index in [1.165, 1.54) is 18.2 Å². The van der Waals surface area contributed by atoms with Gasteiger partial charge in [0.25, 0.3) is 0 Å². The number of hydrogen-bond acceptors (Lipinski definition) is 7. The van der Waals surface area contributed by atoms with Crippen molar-refractivity contribution in [1.29, 1.82) is 0 Å². The van der Waals surface area contributed by atoms with Gasteiger partial charge in [-0.25, -0.2) is 14.4 Å². The van der Waals surface area contributed by atoms with Crippen LogP contribution in [0.4, 0.5) is 35.1 Å². The van der Waals surface area contributed by atoms with Crippen molar-refractivity contribution < 1.29 is 22.3 Å². The molecule has 1 atom stereocenters. The SMILES string of the molecule is CC1COCCN1c1nc(-c2ccc(N)nc2C(F)(F)F)cc(N2CC(F)C2)n1. The smallest absolute Gasteiger partial charge is 0.384 e. The molecule has 29 heavy (non-hydrogen) atoms. The Morgan fingerprint density at radius 2 is 1.93 bits per heavy atom. The summed E-state index contributed by atoms with van der Waals surface area (Å²) in [5.74, 6) is 0.420. The molecule has 2 aromatic heterocycles. The summed E-state index contributed by atoms with van der Waals surface area (Å²) in [6, 6.07) is 3.93. The zero-order chi connectivity index (χ0) is 20.8. The standard InChI is InChI=1S/C18H20F4N6O/c1-10-9-29-5-4-28(10)17-24-13(6-15(26-17)27-7-11(19)8-27)12-2-3-14(23)25-16(12)18(20,21)22/h2-3,6,10-11H,4-5,7-9H2,1H3,(H2,23,25). The van der Waals surface area contributed by atoms with Crippen LogP contribution in [0.25, 0.3) is 11.3 Å². The molecular weight excluding hydrogens is 392 g/mol. The molecule has 4 rings (SSSR count). The van der Waals surface area contributed by atoms with Crippen LogP contribution in [0.1, 0.15) is 12.6 Å². The molecular formula is C18H20F4N6O. The normalized spacial score (nSPS) is 20.7. The van der Waals surface area contributed by atoms with Gasteiger partial charge in [-0.1, -0.05) is 0 Å². The molecule has 2 aliphatic rings. The monoisotopic (exact) mass is 412 g/mol. The summed E-state index contributed by atoms with van der Waals surface area (Å²) >= 11 is 0. The molecule has 0 aromatic carbocycles. The van der Waals surface area contributed by atoms with Crippen LogP contribution >= 0.6 is 0 Å². The molecule has 2 saturated heterocycles. The number of nitrogens with zero attached hydrogens (tertiary/aromatic N) is 5. The maximum absolute atomic E-state index is 13.6. The van der Waals surface area contributed by atoms with E-state index in [0.717, 1.165) is 0 Å². The van der Waals surface area contributed by atoms with E-state index in [4.69, 9.17) is 10.5 Å². The van der Waals surface area contributed by atoms with Gasteiger partial charge in [-0.15, -0.1) is 0 Å². The highest BCUT2D eigenvalue weighted by atomic mass is 19.4. The van der Waals surface area contributed by atoms with Crippen LogP contribution in [0.15, 0.2) is 18.2 Å². The molecule has 156 valence electrons. The first kappa shape index (κ1) is 19.6. The number of rotatable bonds is 3. The molecule has 1 unspecified atom stereocenters. The predicted octanol–water partition coefficient (Wildman–Crippen LogP) is 2.52. The molecule has 0 bridgehead atoms. The largest absolute Gasteiger partial charge is 0.434 e. The van der Waals surface area contributed by atoms with Crippen molar-refractivity contribution in [2.75, 3.05) is 48.4 Å². The lowest BCUT2D eigenvalue weighted by Gasteiger charge is -2.37. The molecule has 0 saturated carbocycles. The summed E-state index contributed by atoms with van der Waals surface area (Å²) in [6.45, 7) is 3.61. The molecule has 0 amide bonds. The summed E-state index contributed by atoms with van der Waals surface area (Å²) in [5, 5.41) is 0. The Labute approximate surface area is 164 Å². The summed E-state index contributed by atoms with van der Waals surface area (Å²) in [6.07, 6.45) is -5.69. The van der Waals surface area contributed by atoms with Crippen LogP contribution in [0.5, 0.6) is 0 Å². The molecule has 0 spiro atoms. The summed E-state index contributed by atoms with van der Waals surface area (Å²) in [7, 11) is 0. The number of nitrogen functional groups attached to an aromatic ring is 1. The fraction of sp³-hybridized carbons (Fsp3) is 0.500. The van der Waals surface area contributed by atoms with E-state index < -0.39 is 18.0 Å². The molecule has 0 radical (unpaired) electrons. The van der Waals surface area contributed by atoms with Crippen LogP contribution in [-0.4, -0.2) is 60.0 Å². The number of aromatic nitrogens is 3. The lowest BCUT2D eigenvalue weighted by atomic mass is 10.1. The number of nitrogens with two attached hydrogens (primary N) is 1. The predicted molar refractivity (Wildman–Crippen MR) is 99.4 cm³/mol. The Balaban J connectivity index is 1.83. The van der Waals surface area contributed by atoms with Gasteiger partial charge in [0.15, 0.2) is 5.69 Å². The van der Waals surface area contributed by atoms with Gasteiger partial charge >= 0.3 is 6.18 Å².